The van der Waals surface area contributed by atoms with Crippen LogP contribution in [-0.2, 0) is 0 Å². The zero-order valence-corrected chi connectivity index (χ0v) is 14.4. The number of amides is 1. The Bertz CT molecular complexity index is 789. The van der Waals surface area contributed by atoms with E-state index in [1.807, 2.05) is 0 Å². The molecule has 1 aliphatic carbocycles. The Morgan fingerprint density at radius 2 is 1.88 bits per heavy atom. The molecule has 136 valence electrons. The first-order chi connectivity index (χ1) is 12.5. The summed E-state index contributed by atoms with van der Waals surface area (Å²) in [5.74, 6) is -0.276. The molecule has 0 bridgehead atoms. The maximum absolute atomic E-state index is 12.5. The molecule has 0 saturated heterocycles. The molecule has 0 unspecified atom stereocenters. The number of benzene rings is 1. The van der Waals surface area contributed by atoms with Gasteiger partial charge in [0, 0.05) is 35.6 Å². The fraction of sp³-hybridized carbons (Fsp3) is 0.389. The predicted octanol–water partition coefficient (Wildman–Crippen LogP) is 2.81. The van der Waals surface area contributed by atoms with Gasteiger partial charge in [-0.15, -0.1) is 0 Å². The molecule has 1 saturated carbocycles. The van der Waals surface area contributed by atoms with Crippen LogP contribution in [0.5, 0.6) is 6.01 Å². The Labute approximate surface area is 150 Å². The number of rotatable bonds is 5. The lowest BCUT2D eigenvalue weighted by atomic mass is 9.92. The van der Waals surface area contributed by atoms with E-state index in [1.165, 1.54) is 12.1 Å². The summed E-state index contributed by atoms with van der Waals surface area (Å²) >= 11 is 0. The molecule has 8 nitrogen and oxygen atoms in total. The van der Waals surface area contributed by atoms with Crippen LogP contribution in [0.1, 0.15) is 41.6 Å². The van der Waals surface area contributed by atoms with Crippen molar-refractivity contribution in [1.29, 1.82) is 0 Å². The van der Waals surface area contributed by atoms with Crippen LogP contribution in [0, 0.1) is 17.0 Å². The van der Waals surface area contributed by atoms with Crippen LogP contribution in [0.15, 0.2) is 36.7 Å². The average Bonchev–Trinajstić information content (AvgIpc) is 2.64. The van der Waals surface area contributed by atoms with Gasteiger partial charge in [-0.1, -0.05) is 6.07 Å². The minimum absolute atomic E-state index is 0.0257. The molecule has 0 spiro atoms. The van der Waals surface area contributed by atoms with Crippen LogP contribution < -0.4 is 10.1 Å². The van der Waals surface area contributed by atoms with E-state index in [-0.39, 0.29) is 23.7 Å². The van der Waals surface area contributed by atoms with Crippen molar-refractivity contribution in [2.75, 3.05) is 0 Å². The lowest BCUT2D eigenvalue weighted by Crippen LogP contribution is -2.40. The predicted molar refractivity (Wildman–Crippen MR) is 94.0 cm³/mol. The van der Waals surface area contributed by atoms with Gasteiger partial charge in [-0.2, -0.15) is 0 Å². The largest absolute Gasteiger partial charge is 0.460 e. The van der Waals surface area contributed by atoms with Crippen molar-refractivity contribution >= 4 is 11.6 Å². The number of nitro benzene ring substituents is 1. The van der Waals surface area contributed by atoms with Crippen LogP contribution in [0.4, 0.5) is 5.69 Å². The zero-order valence-electron chi connectivity index (χ0n) is 14.4. The van der Waals surface area contributed by atoms with Crippen molar-refractivity contribution in [3.05, 3.63) is 57.9 Å². The summed E-state index contributed by atoms with van der Waals surface area (Å²) in [4.78, 5) is 31.2. The van der Waals surface area contributed by atoms with Gasteiger partial charge in [0.25, 0.3) is 11.6 Å². The molecule has 0 radical (unpaired) electrons. The highest BCUT2D eigenvalue weighted by Crippen LogP contribution is 2.24. The molecule has 1 fully saturated rings. The second-order valence-corrected chi connectivity index (χ2v) is 6.30. The number of carbonyl (C=O) groups is 1. The van der Waals surface area contributed by atoms with Crippen molar-refractivity contribution < 1.29 is 14.5 Å². The van der Waals surface area contributed by atoms with Crippen molar-refractivity contribution in [3.8, 4) is 6.01 Å². The number of nitrogens with one attached hydrogen (secondary N) is 1. The van der Waals surface area contributed by atoms with Crippen molar-refractivity contribution in [2.45, 2.75) is 44.8 Å². The summed E-state index contributed by atoms with van der Waals surface area (Å²) in [5, 5.41) is 14.0. The van der Waals surface area contributed by atoms with E-state index in [9.17, 15) is 14.9 Å². The molecule has 8 heteroatoms. The first kappa shape index (κ1) is 17.8. The van der Waals surface area contributed by atoms with Gasteiger partial charge in [-0.25, -0.2) is 9.97 Å². The van der Waals surface area contributed by atoms with E-state index in [1.54, 1.807) is 31.5 Å². The smallest absolute Gasteiger partial charge is 0.316 e. The fourth-order valence-electron chi connectivity index (χ4n) is 3.15. The molecule has 0 atom stereocenters. The van der Waals surface area contributed by atoms with E-state index in [4.69, 9.17) is 4.74 Å². The number of carbonyl (C=O) groups excluding carboxylic acids is 1. The van der Waals surface area contributed by atoms with Crippen molar-refractivity contribution in [2.24, 2.45) is 0 Å². The van der Waals surface area contributed by atoms with Crippen LogP contribution in [0.25, 0.3) is 0 Å². The standard InChI is InChI=1S/C18H20N4O4/c1-12-15(4-2-5-16(12)22(24)25)17(23)21-13-6-8-14(9-7-13)26-18-19-10-3-11-20-18/h2-5,10-11,13-14H,6-9H2,1H3,(H,21,23). The lowest BCUT2D eigenvalue weighted by Gasteiger charge is -2.29. The first-order valence-corrected chi connectivity index (χ1v) is 8.53. The maximum atomic E-state index is 12.5. The summed E-state index contributed by atoms with van der Waals surface area (Å²) in [6.07, 6.45) is 6.43. The second-order valence-electron chi connectivity index (χ2n) is 6.30. The molecule has 1 aromatic heterocycles. The zero-order chi connectivity index (χ0) is 18.5. The minimum Gasteiger partial charge on any atom is -0.460 e. The van der Waals surface area contributed by atoms with E-state index in [0.717, 1.165) is 25.7 Å². The first-order valence-electron chi connectivity index (χ1n) is 8.53. The van der Waals surface area contributed by atoms with Gasteiger partial charge >= 0.3 is 6.01 Å². The molecule has 1 aliphatic rings. The highest BCUT2D eigenvalue weighted by Gasteiger charge is 2.26. The van der Waals surface area contributed by atoms with E-state index < -0.39 is 4.92 Å². The molecule has 0 aliphatic heterocycles. The molecule has 1 heterocycles. The summed E-state index contributed by atoms with van der Waals surface area (Å²) < 4.78 is 5.74. The third-order valence-electron chi connectivity index (χ3n) is 4.57. The van der Waals surface area contributed by atoms with Crippen LogP contribution in [0.3, 0.4) is 0 Å². The summed E-state index contributed by atoms with van der Waals surface area (Å²) in [6.45, 7) is 1.59. The SMILES string of the molecule is Cc1c(C(=O)NC2CCC(Oc3ncccn3)CC2)cccc1[N+](=O)[O-]. The highest BCUT2D eigenvalue weighted by atomic mass is 16.6. The van der Waals surface area contributed by atoms with Gasteiger partial charge in [0.1, 0.15) is 6.10 Å². The van der Waals surface area contributed by atoms with Gasteiger partial charge in [-0.05, 0) is 44.7 Å². The fourth-order valence-corrected chi connectivity index (χ4v) is 3.15. The van der Waals surface area contributed by atoms with E-state index in [2.05, 4.69) is 15.3 Å². The van der Waals surface area contributed by atoms with Gasteiger partial charge in [-0.3, -0.25) is 14.9 Å². The Balaban J connectivity index is 1.55. The van der Waals surface area contributed by atoms with Gasteiger partial charge < -0.3 is 10.1 Å². The topological polar surface area (TPSA) is 107 Å². The van der Waals surface area contributed by atoms with Crippen molar-refractivity contribution in [1.82, 2.24) is 15.3 Å². The Morgan fingerprint density at radius 1 is 1.19 bits per heavy atom. The number of hydrogen-bond acceptors (Lipinski definition) is 6. The van der Waals surface area contributed by atoms with Crippen LogP contribution in [-0.4, -0.2) is 32.9 Å². The second kappa shape index (κ2) is 7.90. The minimum atomic E-state index is -0.472. The monoisotopic (exact) mass is 356 g/mol. The Morgan fingerprint density at radius 3 is 2.54 bits per heavy atom. The van der Waals surface area contributed by atoms with E-state index >= 15 is 0 Å². The molecule has 26 heavy (non-hydrogen) atoms. The molecule has 1 amide bonds. The number of nitro groups is 1. The number of ether oxygens (including phenoxy) is 1. The molecular formula is C18H20N4O4. The number of nitrogens with zero attached hydrogens (tertiary/aromatic N) is 3. The highest BCUT2D eigenvalue weighted by molar-refractivity contribution is 5.96. The van der Waals surface area contributed by atoms with Gasteiger partial charge in [0.2, 0.25) is 0 Å². The number of aromatic nitrogens is 2. The normalized spacial score (nSPS) is 19.6. The Hall–Kier alpha value is -3.03. The number of hydrogen-bond donors (Lipinski definition) is 1. The van der Waals surface area contributed by atoms with Crippen molar-refractivity contribution in [3.63, 3.8) is 0 Å². The quantitative estimate of drug-likeness (QED) is 0.652. The van der Waals surface area contributed by atoms with Gasteiger partial charge in [0.05, 0.1) is 4.92 Å². The summed E-state index contributed by atoms with van der Waals surface area (Å²) in [5.41, 5.74) is 0.682. The summed E-state index contributed by atoms with van der Waals surface area (Å²) in [7, 11) is 0. The Kier molecular flexibility index (Phi) is 5.40. The molecular weight excluding hydrogens is 336 g/mol. The maximum Gasteiger partial charge on any atom is 0.316 e. The van der Waals surface area contributed by atoms with Crippen LogP contribution >= 0.6 is 0 Å². The third kappa shape index (κ3) is 4.14. The van der Waals surface area contributed by atoms with Crippen LogP contribution in [0.2, 0.25) is 0 Å². The lowest BCUT2D eigenvalue weighted by molar-refractivity contribution is -0.385. The van der Waals surface area contributed by atoms with Gasteiger partial charge in [0.15, 0.2) is 0 Å². The average molecular weight is 356 g/mol. The molecule has 1 N–H and O–H groups in total. The third-order valence-corrected chi connectivity index (χ3v) is 4.57. The van der Waals surface area contributed by atoms with E-state index in [0.29, 0.717) is 17.1 Å². The molecule has 3 rings (SSSR count). The molecule has 2 aromatic rings. The summed E-state index contributed by atoms with van der Waals surface area (Å²) in [6, 6.07) is 6.67. The molecule has 1 aromatic carbocycles.